The molecule has 0 saturated carbocycles. The van der Waals surface area contributed by atoms with Crippen molar-refractivity contribution in [3.8, 4) is 0 Å². The minimum atomic E-state index is -3.56. The van der Waals surface area contributed by atoms with Gasteiger partial charge in [-0.05, 0) is 43.5 Å². The molecule has 0 aliphatic carbocycles. The summed E-state index contributed by atoms with van der Waals surface area (Å²) >= 11 is 6.03. The summed E-state index contributed by atoms with van der Waals surface area (Å²) in [5, 5.41) is 3.24. The molecular weight excluding hydrogens is 462 g/mol. The molecule has 0 aliphatic heterocycles. The number of carbonyl (C=O) groups is 2. The van der Waals surface area contributed by atoms with Crippen molar-refractivity contribution in [2.45, 2.75) is 45.7 Å². The van der Waals surface area contributed by atoms with E-state index in [4.69, 9.17) is 11.6 Å². The van der Waals surface area contributed by atoms with Crippen molar-refractivity contribution in [1.29, 1.82) is 0 Å². The van der Waals surface area contributed by atoms with Crippen molar-refractivity contribution in [3.05, 3.63) is 65.2 Å². The second-order valence-corrected chi connectivity index (χ2v) is 10.1. The quantitative estimate of drug-likeness (QED) is 0.486. The van der Waals surface area contributed by atoms with Crippen LogP contribution in [0.1, 0.15) is 38.7 Å². The minimum absolute atomic E-state index is 0.106. The van der Waals surface area contributed by atoms with Gasteiger partial charge in [0.2, 0.25) is 21.8 Å². The lowest BCUT2D eigenvalue weighted by Crippen LogP contribution is -2.49. The standard InChI is InChI=1S/C24H32ClN3O4S/c1-4-22(24(30)26-5-2)27(18-19-11-7-6-8-12-19)23(29)15-10-16-28(33(3,31)32)21-14-9-13-20(25)17-21/h6-9,11-14,17,22H,4-5,10,15-16,18H2,1-3H3,(H,26,30). The van der Waals surface area contributed by atoms with Gasteiger partial charge in [0, 0.05) is 31.1 Å². The maximum atomic E-state index is 13.2. The highest BCUT2D eigenvalue weighted by atomic mass is 35.5. The molecule has 1 N–H and O–H groups in total. The number of benzene rings is 2. The molecule has 0 radical (unpaired) electrons. The monoisotopic (exact) mass is 493 g/mol. The van der Waals surface area contributed by atoms with Gasteiger partial charge in [-0.15, -0.1) is 0 Å². The molecule has 33 heavy (non-hydrogen) atoms. The van der Waals surface area contributed by atoms with Crippen LogP contribution in [-0.4, -0.2) is 50.5 Å². The number of nitrogens with one attached hydrogen (secondary N) is 1. The Morgan fingerprint density at radius 1 is 1.06 bits per heavy atom. The summed E-state index contributed by atoms with van der Waals surface area (Å²) in [6, 6.07) is 15.5. The van der Waals surface area contributed by atoms with Crippen molar-refractivity contribution >= 4 is 39.1 Å². The van der Waals surface area contributed by atoms with Crippen LogP contribution in [0.15, 0.2) is 54.6 Å². The Labute approximate surface area is 201 Å². The van der Waals surface area contributed by atoms with E-state index in [1.807, 2.05) is 44.2 Å². The molecule has 2 rings (SSSR count). The van der Waals surface area contributed by atoms with Gasteiger partial charge in [-0.2, -0.15) is 0 Å². The second kappa shape index (κ2) is 12.6. The number of amides is 2. The molecule has 0 spiro atoms. The molecule has 2 aromatic rings. The van der Waals surface area contributed by atoms with E-state index in [-0.39, 0.29) is 24.8 Å². The first-order valence-electron chi connectivity index (χ1n) is 11.0. The van der Waals surface area contributed by atoms with Crippen molar-refractivity contribution in [1.82, 2.24) is 10.2 Å². The summed E-state index contributed by atoms with van der Waals surface area (Å²) < 4.78 is 25.9. The number of rotatable bonds is 12. The molecular formula is C24H32ClN3O4S. The Hall–Kier alpha value is -2.58. The van der Waals surface area contributed by atoms with Crippen molar-refractivity contribution < 1.29 is 18.0 Å². The summed E-state index contributed by atoms with van der Waals surface area (Å²) in [5.41, 5.74) is 1.37. The lowest BCUT2D eigenvalue weighted by molar-refractivity contribution is -0.141. The van der Waals surface area contributed by atoms with E-state index >= 15 is 0 Å². The van der Waals surface area contributed by atoms with E-state index in [9.17, 15) is 18.0 Å². The van der Waals surface area contributed by atoms with Crippen LogP contribution in [0.5, 0.6) is 0 Å². The zero-order valence-electron chi connectivity index (χ0n) is 19.3. The molecule has 180 valence electrons. The van der Waals surface area contributed by atoms with Crippen molar-refractivity contribution in [2.24, 2.45) is 0 Å². The molecule has 0 saturated heterocycles. The summed E-state index contributed by atoms with van der Waals surface area (Å²) in [5.74, 6) is -0.391. The molecule has 0 aromatic heterocycles. The van der Waals surface area contributed by atoms with Gasteiger partial charge in [-0.3, -0.25) is 13.9 Å². The molecule has 9 heteroatoms. The lowest BCUT2D eigenvalue weighted by atomic mass is 10.1. The van der Waals surface area contributed by atoms with Crippen LogP contribution < -0.4 is 9.62 Å². The van der Waals surface area contributed by atoms with E-state index in [0.29, 0.717) is 36.6 Å². The van der Waals surface area contributed by atoms with Gasteiger partial charge in [0.15, 0.2) is 0 Å². The highest BCUT2D eigenvalue weighted by molar-refractivity contribution is 7.92. The van der Waals surface area contributed by atoms with Gasteiger partial charge in [-0.1, -0.05) is 54.9 Å². The first kappa shape index (κ1) is 26.7. The fraction of sp³-hybridized carbons (Fsp3) is 0.417. The van der Waals surface area contributed by atoms with Crippen molar-refractivity contribution in [2.75, 3.05) is 23.7 Å². The smallest absolute Gasteiger partial charge is 0.242 e. The molecule has 2 aromatic carbocycles. The fourth-order valence-electron chi connectivity index (χ4n) is 3.63. The molecule has 7 nitrogen and oxygen atoms in total. The van der Waals surface area contributed by atoms with E-state index in [2.05, 4.69) is 5.32 Å². The van der Waals surface area contributed by atoms with Gasteiger partial charge in [0.25, 0.3) is 0 Å². The SMILES string of the molecule is CCNC(=O)C(CC)N(Cc1ccccc1)C(=O)CCCN(c1cccc(Cl)c1)S(C)(=O)=O. The third-order valence-corrected chi connectivity index (χ3v) is 6.61. The van der Waals surface area contributed by atoms with Gasteiger partial charge in [-0.25, -0.2) is 8.42 Å². The van der Waals surface area contributed by atoms with E-state index < -0.39 is 16.1 Å². The number of likely N-dealkylation sites (N-methyl/N-ethyl adjacent to an activating group) is 1. The number of hydrogen-bond donors (Lipinski definition) is 1. The van der Waals surface area contributed by atoms with E-state index in [1.54, 1.807) is 29.2 Å². The molecule has 1 unspecified atom stereocenters. The van der Waals surface area contributed by atoms with E-state index in [1.165, 1.54) is 4.31 Å². The van der Waals surface area contributed by atoms with Gasteiger partial charge >= 0.3 is 0 Å². The van der Waals surface area contributed by atoms with Crippen LogP contribution in [0.3, 0.4) is 0 Å². The Morgan fingerprint density at radius 2 is 1.76 bits per heavy atom. The Kier molecular flexibility index (Phi) is 10.2. The number of carbonyl (C=O) groups excluding carboxylic acids is 2. The normalized spacial score (nSPS) is 12.1. The molecule has 0 heterocycles. The highest BCUT2D eigenvalue weighted by Gasteiger charge is 2.28. The molecule has 0 aliphatic rings. The maximum Gasteiger partial charge on any atom is 0.242 e. The average Bonchev–Trinajstić information content (AvgIpc) is 2.76. The summed E-state index contributed by atoms with van der Waals surface area (Å²) in [4.78, 5) is 27.5. The maximum absolute atomic E-state index is 13.2. The van der Waals surface area contributed by atoms with Crippen LogP contribution in [-0.2, 0) is 26.2 Å². The largest absolute Gasteiger partial charge is 0.355 e. The molecule has 0 fully saturated rings. The Morgan fingerprint density at radius 3 is 2.33 bits per heavy atom. The van der Waals surface area contributed by atoms with Gasteiger partial charge < -0.3 is 10.2 Å². The van der Waals surface area contributed by atoms with Crippen LogP contribution >= 0.6 is 11.6 Å². The highest BCUT2D eigenvalue weighted by Crippen LogP contribution is 2.23. The van der Waals surface area contributed by atoms with E-state index in [0.717, 1.165) is 11.8 Å². The zero-order chi connectivity index (χ0) is 24.4. The first-order chi connectivity index (χ1) is 15.7. The number of sulfonamides is 1. The first-order valence-corrected chi connectivity index (χ1v) is 13.2. The van der Waals surface area contributed by atoms with Crippen LogP contribution in [0, 0.1) is 0 Å². The predicted octanol–water partition coefficient (Wildman–Crippen LogP) is 3.83. The summed E-state index contributed by atoms with van der Waals surface area (Å²) in [6.45, 7) is 4.62. The van der Waals surface area contributed by atoms with Crippen molar-refractivity contribution in [3.63, 3.8) is 0 Å². The minimum Gasteiger partial charge on any atom is -0.355 e. The molecule has 1 atom stereocenters. The topological polar surface area (TPSA) is 86.8 Å². The number of hydrogen-bond acceptors (Lipinski definition) is 4. The Balaban J connectivity index is 2.17. The van der Waals surface area contributed by atoms with Gasteiger partial charge in [0.1, 0.15) is 6.04 Å². The van der Waals surface area contributed by atoms with Crippen LogP contribution in [0.4, 0.5) is 5.69 Å². The average molecular weight is 494 g/mol. The van der Waals surface area contributed by atoms with Gasteiger partial charge in [0.05, 0.1) is 11.9 Å². The second-order valence-electron chi connectivity index (χ2n) is 7.74. The number of nitrogens with zero attached hydrogens (tertiary/aromatic N) is 2. The number of halogens is 1. The third kappa shape index (κ3) is 8.05. The zero-order valence-corrected chi connectivity index (χ0v) is 20.9. The third-order valence-electron chi connectivity index (χ3n) is 5.18. The fourth-order valence-corrected chi connectivity index (χ4v) is 4.77. The summed E-state index contributed by atoms with van der Waals surface area (Å²) in [7, 11) is -3.56. The lowest BCUT2D eigenvalue weighted by Gasteiger charge is -2.31. The van der Waals surface area contributed by atoms with Crippen LogP contribution in [0.2, 0.25) is 5.02 Å². The van der Waals surface area contributed by atoms with Crippen LogP contribution in [0.25, 0.3) is 0 Å². The Bertz CT molecular complexity index is 1030. The molecule has 0 bridgehead atoms. The predicted molar refractivity (Wildman–Crippen MR) is 133 cm³/mol. The summed E-state index contributed by atoms with van der Waals surface area (Å²) in [6.07, 6.45) is 2.01. The number of anilines is 1. The molecule has 2 amide bonds.